The average Bonchev–Trinajstić information content (AvgIpc) is 2.38. The highest BCUT2D eigenvalue weighted by Crippen LogP contribution is 2.21. The van der Waals surface area contributed by atoms with Gasteiger partial charge in [-0.15, -0.1) is 0 Å². The Morgan fingerprint density at radius 2 is 1.83 bits per heavy atom. The molecular formula is C12H24N2O3S. The van der Waals surface area contributed by atoms with E-state index in [0.29, 0.717) is 26.1 Å². The fourth-order valence-electron chi connectivity index (χ4n) is 2.34. The molecule has 0 aromatic carbocycles. The van der Waals surface area contributed by atoms with Crippen LogP contribution in [0.1, 0.15) is 46.0 Å². The first-order chi connectivity index (χ1) is 8.57. The molecule has 0 saturated carbocycles. The lowest BCUT2D eigenvalue weighted by molar-refractivity contribution is -0.111. The van der Waals surface area contributed by atoms with Crippen molar-refractivity contribution in [3.63, 3.8) is 0 Å². The second-order valence-electron chi connectivity index (χ2n) is 4.72. The summed E-state index contributed by atoms with van der Waals surface area (Å²) in [7, 11) is -3.47. The second-order valence-corrected chi connectivity index (χ2v) is 6.60. The van der Waals surface area contributed by atoms with Crippen LogP contribution in [0.25, 0.3) is 0 Å². The van der Waals surface area contributed by atoms with Gasteiger partial charge in [0.2, 0.25) is 0 Å². The lowest BCUT2D eigenvalue weighted by Crippen LogP contribution is -2.51. The van der Waals surface area contributed by atoms with E-state index in [1.165, 1.54) is 8.61 Å². The molecule has 0 radical (unpaired) electrons. The quantitative estimate of drug-likeness (QED) is 0.661. The van der Waals surface area contributed by atoms with E-state index in [0.717, 1.165) is 32.0 Å². The van der Waals surface area contributed by atoms with Crippen LogP contribution >= 0.6 is 0 Å². The first-order valence-electron chi connectivity index (χ1n) is 6.80. The van der Waals surface area contributed by atoms with Crippen LogP contribution in [0, 0.1) is 0 Å². The molecule has 1 fully saturated rings. The maximum Gasteiger partial charge on any atom is 0.282 e. The summed E-state index contributed by atoms with van der Waals surface area (Å²) in [5.41, 5.74) is 0. The van der Waals surface area contributed by atoms with Gasteiger partial charge in [0.15, 0.2) is 0 Å². The van der Waals surface area contributed by atoms with Gasteiger partial charge in [0.1, 0.15) is 6.29 Å². The molecule has 0 aliphatic carbocycles. The van der Waals surface area contributed by atoms with Crippen molar-refractivity contribution in [2.75, 3.05) is 19.6 Å². The molecule has 1 atom stereocenters. The lowest BCUT2D eigenvalue weighted by atomic mass is 10.1. The largest absolute Gasteiger partial charge is 0.302 e. The highest BCUT2D eigenvalue weighted by Gasteiger charge is 2.35. The monoisotopic (exact) mass is 276 g/mol. The van der Waals surface area contributed by atoms with Crippen LogP contribution in [0.4, 0.5) is 0 Å². The first kappa shape index (κ1) is 15.6. The van der Waals surface area contributed by atoms with Gasteiger partial charge < -0.3 is 4.79 Å². The van der Waals surface area contributed by atoms with Crippen molar-refractivity contribution in [2.24, 2.45) is 0 Å². The molecule has 0 N–H and O–H groups in total. The second kappa shape index (κ2) is 7.21. The van der Waals surface area contributed by atoms with Crippen molar-refractivity contribution in [2.45, 2.75) is 52.0 Å². The van der Waals surface area contributed by atoms with Gasteiger partial charge in [-0.05, 0) is 25.7 Å². The van der Waals surface area contributed by atoms with E-state index in [1.807, 2.05) is 13.8 Å². The summed E-state index contributed by atoms with van der Waals surface area (Å²) in [6.45, 7) is 5.45. The Hall–Kier alpha value is -0.460. The zero-order chi connectivity index (χ0) is 13.6. The van der Waals surface area contributed by atoms with Gasteiger partial charge in [0.05, 0.1) is 6.04 Å². The van der Waals surface area contributed by atoms with E-state index >= 15 is 0 Å². The maximum absolute atomic E-state index is 12.5. The van der Waals surface area contributed by atoms with Crippen molar-refractivity contribution >= 4 is 16.5 Å². The van der Waals surface area contributed by atoms with Crippen LogP contribution in [0.3, 0.4) is 0 Å². The third-order valence-electron chi connectivity index (χ3n) is 3.22. The lowest BCUT2D eigenvalue weighted by Gasteiger charge is -2.35. The summed E-state index contributed by atoms with van der Waals surface area (Å²) in [4.78, 5) is 11.0. The predicted octanol–water partition coefficient (Wildman–Crippen LogP) is 1.41. The number of nitrogens with zero attached hydrogens (tertiary/aromatic N) is 2. The Labute approximate surface area is 110 Å². The van der Waals surface area contributed by atoms with E-state index in [2.05, 4.69) is 0 Å². The summed E-state index contributed by atoms with van der Waals surface area (Å²) in [5, 5.41) is 0. The van der Waals surface area contributed by atoms with Crippen LogP contribution < -0.4 is 0 Å². The average molecular weight is 276 g/mol. The molecule has 6 heteroatoms. The smallest absolute Gasteiger partial charge is 0.282 e. The van der Waals surface area contributed by atoms with E-state index in [9.17, 15) is 13.2 Å². The van der Waals surface area contributed by atoms with Crippen molar-refractivity contribution in [3.05, 3.63) is 0 Å². The van der Waals surface area contributed by atoms with Gasteiger partial charge >= 0.3 is 0 Å². The molecule has 0 aromatic rings. The number of hydrogen-bond acceptors (Lipinski definition) is 3. The minimum atomic E-state index is -3.47. The molecule has 1 saturated heterocycles. The highest BCUT2D eigenvalue weighted by atomic mass is 32.2. The SMILES string of the molecule is CCCN(CCC)S(=O)(=O)N1CCCCC1C=O. The molecule has 18 heavy (non-hydrogen) atoms. The first-order valence-corrected chi connectivity index (χ1v) is 8.19. The van der Waals surface area contributed by atoms with Crippen LogP contribution in [-0.2, 0) is 15.0 Å². The Bertz CT molecular complexity index is 350. The number of carbonyl (C=O) groups excluding carboxylic acids is 1. The van der Waals surface area contributed by atoms with Crippen LogP contribution in [0.5, 0.6) is 0 Å². The number of rotatable bonds is 7. The van der Waals surface area contributed by atoms with Gasteiger partial charge in [-0.2, -0.15) is 17.0 Å². The summed E-state index contributed by atoms with van der Waals surface area (Å²) in [6.07, 6.45) is 4.77. The van der Waals surface area contributed by atoms with Gasteiger partial charge in [0, 0.05) is 19.6 Å². The fourth-order valence-corrected chi connectivity index (χ4v) is 4.32. The Morgan fingerprint density at radius 1 is 1.22 bits per heavy atom. The van der Waals surface area contributed by atoms with Crippen LogP contribution in [0.2, 0.25) is 0 Å². The molecule has 0 spiro atoms. The van der Waals surface area contributed by atoms with E-state index < -0.39 is 16.3 Å². The number of piperidine rings is 1. The van der Waals surface area contributed by atoms with Crippen molar-refractivity contribution < 1.29 is 13.2 Å². The Balaban J connectivity index is 2.89. The topological polar surface area (TPSA) is 57.7 Å². The predicted molar refractivity (Wildman–Crippen MR) is 71.5 cm³/mol. The minimum Gasteiger partial charge on any atom is -0.302 e. The standard InChI is InChI=1S/C12H24N2O3S/c1-3-8-13(9-4-2)18(16,17)14-10-6-5-7-12(14)11-15/h11-12H,3-10H2,1-2H3. The van der Waals surface area contributed by atoms with Gasteiger partial charge in [-0.1, -0.05) is 20.3 Å². The highest BCUT2D eigenvalue weighted by molar-refractivity contribution is 7.86. The van der Waals surface area contributed by atoms with Crippen molar-refractivity contribution in [1.29, 1.82) is 0 Å². The molecule has 106 valence electrons. The molecule has 0 bridgehead atoms. The maximum atomic E-state index is 12.5. The number of aldehydes is 1. The van der Waals surface area contributed by atoms with E-state index in [4.69, 9.17) is 0 Å². The van der Waals surface area contributed by atoms with Gasteiger partial charge in [0.25, 0.3) is 10.2 Å². The Morgan fingerprint density at radius 3 is 2.33 bits per heavy atom. The molecule has 0 aromatic heterocycles. The molecule has 1 rings (SSSR count). The number of carbonyl (C=O) groups is 1. The molecule has 5 nitrogen and oxygen atoms in total. The molecular weight excluding hydrogens is 252 g/mol. The summed E-state index contributed by atoms with van der Waals surface area (Å²) in [5.74, 6) is 0. The zero-order valence-corrected chi connectivity index (χ0v) is 12.2. The molecule has 1 aliphatic heterocycles. The molecule has 0 amide bonds. The van der Waals surface area contributed by atoms with Crippen molar-refractivity contribution in [3.8, 4) is 0 Å². The van der Waals surface area contributed by atoms with Gasteiger partial charge in [-0.25, -0.2) is 0 Å². The third kappa shape index (κ3) is 3.52. The fraction of sp³-hybridized carbons (Fsp3) is 0.917. The third-order valence-corrected chi connectivity index (χ3v) is 5.29. The minimum absolute atomic E-state index is 0.468. The number of hydrogen-bond donors (Lipinski definition) is 0. The van der Waals surface area contributed by atoms with Crippen molar-refractivity contribution in [1.82, 2.24) is 8.61 Å². The normalized spacial score (nSPS) is 22.3. The van der Waals surface area contributed by atoms with E-state index in [1.54, 1.807) is 0 Å². The van der Waals surface area contributed by atoms with Gasteiger partial charge in [-0.3, -0.25) is 0 Å². The Kier molecular flexibility index (Phi) is 6.25. The summed E-state index contributed by atoms with van der Waals surface area (Å²) >= 11 is 0. The summed E-state index contributed by atoms with van der Waals surface area (Å²) < 4.78 is 27.9. The molecule has 1 aliphatic rings. The van der Waals surface area contributed by atoms with Crippen LogP contribution in [-0.4, -0.2) is 49.0 Å². The molecule has 1 heterocycles. The van der Waals surface area contributed by atoms with E-state index in [-0.39, 0.29) is 0 Å². The summed E-state index contributed by atoms with van der Waals surface area (Å²) in [6, 6.07) is -0.472. The van der Waals surface area contributed by atoms with Crippen LogP contribution in [0.15, 0.2) is 0 Å². The molecule has 1 unspecified atom stereocenters. The zero-order valence-electron chi connectivity index (χ0n) is 11.3.